The summed E-state index contributed by atoms with van der Waals surface area (Å²) in [6.07, 6.45) is 2.35. The SMILES string of the molecule is Cc1ccc(-c2noc(CCCCO)n2)cc1. The van der Waals surface area contributed by atoms with Crippen molar-refractivity contribution in [3.8, 4) is 11.4 Å². The first-order valence-corrected chi connectivity index (χ1v) is 5.80. The third kappa shape index (κ3) is 3.14. The smallest absolute Gasteiger partial charge is 0.226 e. The Morgan fingerprint density at radius 1 is 1.18 bits per heavy atom. The molecular formula is C13H16N2O2. The molecule has 0 atom stereocenters. The molecule has 0 bridgehead atoms. The second-order valence-electron chi connectivity index (χ2n) is 4.06. The number of rotatable bonds is 5. The average molecular weight is 232 g/mol. The van der Waals surface area contributed by atoms with E-state index in [-0.39, 0.29) is 6.61 Å². The van der Waals surface area contributed by atoms with Crippen LogP contribution in [0.15, 0.2) is 28.8 Å². The van der Waals surface area contributed by atoms with E-state index in [1.54, 1.807) is 0 Å². The van der Waals surface area contributed by atoms with Gasteiger partial charge in [-0.3, -0.25) is 0 Å². The van der Waals surface area contributed by atoms with E-state index in [0.717, 1.165) is 24.8 Å². The fraction of sp³-hybridized carbons (Fsp3) is 0.385. The fourth-order valence-electron chi connectivity index (χ4n) is 1.56. The molecule has 1 aromatic carbocycles. The van der Waals surface area contributed by atoms with Crippen LogP contribution in [0.5, 0.6) is 0 Å². The van der Waals surface area contributed by atoms with Gasteiger partial charge in [-0.25, -0.2) is 0 Å². The molecule has 4 nitrogen and oxygen atoms in total. The fourth-order valence-corrected chi connectivity index (χ4v) is 1.56. The molecule has 2 rings (SSSR count). The number of unbranched alkanes of at least 4 members (excludes halogenated alkanes) is 1. The number of aliphatic hydroxyl groups is 1. The lowest BCUT2D eigenvalue weighted by molar-refractivity contribution is 0.281. The first-order chi connectivity index (χ1) is 8.29. The number of hydrogen-bond donors (Lipinski definition) is 1. The summed E-state index contributed by atoms with van der Waals surface area (Å²) in [4.78, 5) is 4.32. The summed E-state index contributed by atoms with van der Waals surface area (Å²) in [7, 11) is 0. The molecule has 0 amide bonds. The van der Waals surface area contributed by atoms with E-state index in [1.165, 1.54) is 5.56 Å². The lowest BCUT2D eigenvalue weighted by Gasteiger charge is -1.94. The summed E-state index contributed by atoms with van der Waals surface area (Å²) >= 11 is 0. The van der Waals surface area contributed by atoms with Gasteiger partial charge in [0.15, 0.2) is 0 Å². The minimum atomic E-state index is 0.207. The summed E-state index contributed by atoms with van der Waals surface area (Å²) in [6.45, 7) is 2.25. The van der Waals surface area contributed by atoms with Crippen molar-refractivity contribution < 1.29 is 9.63 Å². The Morgan fingerprint density at radius 2 is 1.94 bits per heavy atom. The maximum absolute atomic E-state index is 8.69. The van der Waals surface area contributed by atoms with Crippen LogP contribution >= 0.6 is 0 Å². The van der Waals surface area contributed by atoms with Crippen LogP contribution in [0.3, 0.4) is 0 Å². The quantitative estimate of drug-likeness (QED) is 0.804. The molecular weight excluding hydrogens is 216 g/mol. The van der Waals surface area contributed by atoms with Crippen molar-refractivity contribution in [1.82, 2.24) is 10.1 Å². The van der Waals surface area contributed by atoms with E-state index in [4.69, 9.17) is 9.63 Å². The summed E-state index contributed by atoms with van der Waals surface area (Å²) in [6, 6.07) is 8.02. The van der Waals surface area contributed by atoms with Gasteiger partial charge in [-0.05, 0) is 19.8 Å². The van der Waals surface area contributed by atoms with Crippen LogP contribution in [0.4, 0.5) is 0 Å². The first-order valence-electron chi connectivity index (χ1n) is 5.80. The van der Waals surface area contributed by atoms with Crippen LogP contribution in [0.2, 0.25) is 0 Å². The maximum atomic E-state index is 8.69. The largest absolute Gasteiger partial charge is 0.396 e. The van der Waals surface area contributed by atoms with Gasteiger partial charge in [-0.2, -0.15) is 4.98 Å². The third-order valence-corrected chi connectivity index (χ3v) is 2.58. The molecule has 0 aliphatic carbocycles. The van der Waals surface area contributed by atoms with Crippen molar-refractivity contribution in [2.75, 3.05) is 6.61 Å². The van der Waals surface area contributed by atoms with Gasteiger partial charge in [0.1, 0.15) is 0 Å². The van der Waals surface area contributed by atoms with Gasteiger partial charge < -0.3 is 9.63 Å². The van der Waals surface area contributed by atoms with Crippen LogP contribution in [0, 0.1) is 6.92 Å². The van der Waals surface area contributed by atoms with Crippen molar-refractivity contribution in [2.24, 2.45) is 0 Å². The molecule has 1 aromatic heterocycles. The number of nitrogens with zero attached hydrogens (tertiary/aromatic N) is 2. The van der Waals surface area contributed by atoms with Gasteiger partial charge in [0.25, 0.3) is 0 Å². The number of aryl methyl sites for hydroxylation is 2. The van der Waals surface area contributed by atoms with E-state index in [1.807, 2.05) is 31.2 Å². The lowest BCUT2D eigenvalue weighted by Crippen LogP contribution is -1.89. The first kappa shape index (κ1) is 11.8. The van der Waals surface area contributed by atoms with Crippen LogP contribution in [-0.2, 0) is 6.42 Å². The zero-order chi connectivity index (χ0) is 12.1. The summed E-state index contributed by atoms with van der Waals surface area (Å²) in [5, 5.41) is 12.6. The molecule has 1 N–H and O–H groups in total. The molecule has 0 radical (unpaired) electrons. The molecule has 0 spiro atoms. The topological polar surface area (TPSA) is 59.2 Å². The van der Waals surface area contributed by atoms with Gasteiger partial charge >= 0.3 is 0 Å². The Kier molecular flexibility index (Phi) is 3.88. The van der Waals surface area contributed by atoms with Crippen LogP contribution in [0.1, 0.15) is 24.3 Å². The van der Waals surface area contributed by atoms with Gasteiger partial charge in [0.05, 0.1) is 0 Å². The summed E-state index contributed by atoms with van der Waals surface area (Å²) in [5.74, 6) is 1.26. The van der Waals surface area contributed by atoms with Crippen LogP contribution in [-0.4, -0.2) is 21.9 Å². The summed E-state index contributed by atoms with van der Waals surface area (Å²) < 4.78 is 5.15. The van der Waals surface area contributed by atoms with Gasteiger partial charge in [-0.15, -0.1) is 0 Å². The third-order valence-electron chi connectivity index (χ3n) is 2.58. The second kappa shape index (κ2) is 5.59. The van der Waals surface area contributed by atoms with Crippen LogP contribution in [0.25, 0.3) is 11.4 Å². The highest BCUT2D eigenvalue weighted by molar-refractivity contribution is 5.54. The van der Waals surface area contributed by atoms with E-state index >= 15 is 0 Å². The van der Waals surface area contributed by atoms with Crippen molar-refractivity contribution in [1.29, 1.82) is 0 Å². The van der Waals surface area contributed by atoms with Gasteiger partial charge in [0, 0.05) is 18.6 Å². The molecule has 4 heteroatoms. The number of aromatic nitrogens is 2. The monoisotopic (exact) mass is 232 g/mol. The predicted octanol–water partition coefficient (Wildman–Crippen LogP) is 2.36. The molecule has 90 valence electrons. The Balaban J connectivity index is 2.04. The molecule has 0 aliphatic heterocycles. The molecule has 0 unspecified atom stereocenters. The molecule has 1 heterocycles. The lowest BCUT2D eigenvalue weighted by atomic mass is 10.1. The zero-order valence-corrected chi connectivity index (χ0v) is 9.89. The zero-order valence-electron chi connectivity index (χ0n) is 9.89. The minimum absolute atomic E-state index is 0.207. The Morgan fingerprint density at radius 3 is 2.65 bits per heavy atom. The van der Waals surface area contributed by atoms with Crippen LogP contribution < -0.4 is 0 Å². The number of benzene rings is 1. The molecule has 0 saturated carbocycles. The Bertz CT molecular complexity index is 463. The molecule has 17 heavy (non-hydrogen) atoms. The Hall–Kier alpha value is -1.68. The standard InChI is InChI=1S/C13H16N2O2/c1-10-5-7-11(8-6-10)13-14-12(17-15-13)4-2-3-9-16/h5-8,16H,2-4,9H2,1H3. The van der Waals surface area contributed by atoms with E-state index in [2.05, 4.69) is 10.1 Å². The van der Waals surface area contributed by atoms with Crippen molar-refractivity contribution in [2.45, 2.75) is 26.2 Å². The molecule has 2 aromatic rings. The van der Waals surface area contributed by atoms with Crippen molar-refractivity contribution in [3.63, 3.8) is 0 Å². The minimum Gasteiger partial charge on any atom is -0.396 e. The van der Waals surface area contributed by atoms with E-state index in [0.29, 0.717) is 11.7 Å². The highest BCUT2D eigenvalue weighted by atomic mass is 16.5. The molecule has 0 fully saturated rings. The predicted molar refractivity (Wildman–Crippen MR) is 64.5 cm³/mol. The van der Waals surface area contributed by atoms with Gasteiger partial charge in [-0.1, -0.05) is 35.0 Å². The molecule has 0 saturated heterocycles. The number of aliphatic hydroxyl groups excluding tert-OH is 1. The molecule has 0 aliphatic rings. The summed E-state index contributed by atoms with van der Waals surface area (Å²) in [5.41, 5.74) is 2.17. The van der Waals surface area contributed by atoms with E-state index in [9.17, 15) is 0 Å². The normalized spacial score (nSPS) is 10.7. The van der Waals surface area contributed by atoms with Gasteiger partial charge in [0.2, 0.25) is 11.7 Å². The highest BCUT2D eigenvalue weighted by Gasteiger charge is 2.07. The highest BCUT2D eigenvalue weighted by Crippen LogP contribution is 2.16. The average Bonchev–Trinajstić information content (AvgIpc) is 2.79. The second-order valence-corrected chi connectivity index (χ2v) is 4.06. The maximum Gasteiger partial charge on any atom is 0.226 e. The Labute approximate surface area is 100 Å². The van der Waals surface area contributed by atoms with E-state index < -0.39 is 0 Å². The number of hydrogen-bond acceptors (Lipinski definition) is 4. The van der Waals surface area contributed by atoms with Crippen molar-refractivity contribution >= 4 is 0 Å². The van der Waals surface area contributed by atoms with Crippen molar-refractivity contribution in [3.05, 3.63) is 35.7 Å².